The van der Waals surface area contributed by atoms with Gasteiger partial charge >= 0.3 is 0 Å². The number of hydrogen-bond donors (Lipinski definition) is 0. The van der Waals surface area contributed by atoms with Crippen molar-refractivity contribution in [2.45, 2.75) is 12.5 Å². The summed E-state index contributed by atoms with van der Waals surface area (Å²) in [6.45, 7) is -0.167. The monoisotopic (exact) mass is 431 g/mol. The van der Waals surface area contributed by atoms with Crippen molar-refractivity contribution in [3.05, 3.63) is 46.2 Å². The van der Waals surface area contributed by atoms with Crippen LogP contribution in [0.4, 0.5) is 0 Å². The van der Waals surface area contributed by atoms with E-state index in [4.69, 9.17) is 14.2 Å². The van der Waals surface area contributed by atoms with Crippen LogP contribution >= 0.6 is 11.3 Å². The highest BCUT2D eigenvalue weighted by atomic mass is 32.1. The van der Waals surface area contributed by atoms with Gasteiger partial charge in [0.1, 0.15) is 13.2 Å². The molecule has 0 radical (unpaired) electrons. The second-order valence-corrected chi connectivity index (χ2v) is 7.73. The molecule has 2 amide bonds. The first-order chi connectivity index (χ1) is 14.5. The first-order valence-corrected chi connectivity index (χ1v) is 10.2. The van der Waals surface area contributed by atoms with E-state index in [-0.39, 0.29) is 31.0 Å². The lowest BCUT2D eigenvalue weighted by atomic mass is 10.0. The fraction of sp³-hybridized carbons (Fsp3) is 0.381. The van der Waals surface area contributed by atoms with Gasteiger partial charge in [-0.05, 0) is 29.1 Å². The Morgan fingerprint density at radius 2 is 1.97 bits per heavy atom. The van der Waals surface area contributed by atoms with Gasteiger partial charge in [-0.3, -0.25) is 9.59 Å². The standard InChI is InChI=1S/C21H25N3O5S/c1-23(21(26)13-27-2)12-20(25)24-16(11-15(22-24)19-6-5-9-30-19)14-7-8-17(28-3)18(10-14)29-4/h5-10,16H,11-13H2,1-4H3. The number of carbonyl (C=O) groups is 2. The molecule has 1 atom stereocenters. The number of likely N-dealkylation sites (N-methyl/N-ethyl adjacent to an activating group) is 1. The summed E-state index contributed by atoms with van der Waals surface area (Å²) in [5.41, 5.74) is 1.71. The lowest BCUT2D eigenvalue weighted by Gasteiger charge is -2.25. The minimum atomic E-state index is -0.305. The summed E-state index contributed by atoms with van der Waals surface area (Å²) < 4.78 is 15.6. The van der Waals surface area contributed by atoms with Crippen LogP contribution in [0.3, 0.4) is 0 Å². The lowest BCUT2D eigenvalue weighted by molar-refractivity contribution is -0.142. The zero-order chi connectivity index (χ0) is 21.7. The van der Waals surface area contributed by atoms with Gasteiger partial charge in [0.2, 0.25) is 5.91 Å². The smallest absolute Gasteiger partial charge is 0.262 e. The summed E-state index contributed by atoms with van der Waals surface area (Å²) in [5.74, 6) is 0.657. The first kappa shape index (κ1) is 21.8. The van der Waals surface area contributed by atoms with Crippen LogP contribution in [-0.4, -0.2) is 69.0 Å². The maximum atomic E-state index is 13.1. The number of rotatable bonds is 8. The van der Waals surface area contributed by atoms with Crippen molar-refractivity contribution >= 4 is 28.9 Å². The Morgan fingerprint density at radius 3 is 2.60 bits per heavy atom. The number of ether oxygens (including phenoxy) is 3. The first-order valence-electron chi connectivity index (χ1n) is 9.36. The molecule has 0 aliphatic carbocycles. The molecule has 3 rings (SSSR count). The van der Waals surface area contributed by atoms with Gasteiger partial charge in [0.25, 0.3) is 5.91 Å². The van der Waals surface area contributed by atoms with Crippen LogP contribution in [0.15, 0.2) is 40.8 Å². The molecule has 1 aliphatic rings. The van der Waals surface area contributed by atoms with Crippen molar-refractivity contribution in [3.8, 4) is 11.5 Å². The van der Waals surface area contributed by atoms with Gasteiger partial charge in [0, 0.05) is 20.6 Å². The fourth-order valence-corrected chi connectivity index (χ4v) is 3.97. The van der Waals surface area contributed by atoms with E-state index in [2.05, 4.69) is 5.10 Å². The van der Waals surface area contributed by atoms with E-state index in [1.54, 1.807) is 32.6 Å². The second kappa shape index (κ2) is 9.73. The molecule has 2 heterocycles. The highest BCUT2D eigenvalue weighted by Crippen LogP contribution is 2.37. The summed E-state index contributed by atoms with van der Waals surface area (Å²) in [7, 11) is 6.17. The van der Waals surface area contributed by atoms with E-state index in [1.165, 1.54) is 17.0 Å². The largest absolute Gasteiger partial charge is 0.493 e. The Hall–Kier alpha value is -2.91. The van der Waals surface area contributed by atoms with E-state index in [0.717, 1.165) is 16.2 Å². The average molecular weight is 432 g/mol. The van der Waals surface area contributed by atoms with Gasteiger partial charge in [-0.1, -0.05) is 12.1 Å². The van der Waals surface area contributed by atoms with Crippen LogP contribution in [0.25, 0.3) is 0 Å². The van der Waals surface area contributed by atoms with E-state index in [0.29, 0.717) is 17.9 Å². The van der Waals surface area contributed by atoms with Gasteiger partial charge in [0.15, 0.2) is 11.5 Å². The Labute approximate surface area is 179 Å². The van der Waals surface area contributed by atoms with Crippen LogP contribution in [0.5, 0.6) is 11.5 Å². The van der Waals surface area contributed by atoms with Crippen LogP contribution in [0.2, 0.25) is 0 Å². The third kappa shape index (κ3) is 4.63. The Bertz CT molecular complexity index is 929. The van der Waals surface area contributed by atoms with Crippen LogP contribution in [0.1, 0.15) is 22.9 Å². The molecule has 1 aromatic heterocycles. The molecule has 0 saturated carbocycles. The second-order valence-electron chi connectivity index (χ2n) is 6.78. The van der Waals surface area contributed by atoms with E-state index >= 15 is 0 Å². The van der Waals surface area contributed by atoms with Crippen molar-refractivity contribution in [2.24, 2.45) is 5.10 Å². The van der Waals surface area contributed by atoms with Crippen LogP contribution in [0, 0.1) is 0 Å². The molecule has 0 spiro atoms. The SMILES string of the molecule is COCC(=O)N(C)CC(=O)N1N=C(c2cccs2)CC1c1ccc(OC)c(OC)c1. The molecular formula is C21H25N3O5S. The maximum absolute atomic E-state index is 13.1. The number of thiophene rings is 1. The molecule has 2 aromatic rings. The molecule has 0 N–H and O–H groups in total. The molecule has 0 saturated heterocycles. The molecule has 1 aliphatic heterocycles. The van der Waals surface area contributed by atoms with Gasteiger partial charge in [0.05, 0.1) is 30.9 Å². The lowest BCUT2D eigenvalue weighted by Crippen LogP contribution is -2.40. The average Bonchev–Trinajstić information content (AvgIpc) is 3.43. The summed E-state index contributed by atoms with van der Waals surface area (Å²) >= 11 is 1.58. The zero-order valence-electron chi connectivity index (χ0n) is 17.5. The normalized spacial score (nSPS) is 15.7. The molecule has 1 unspecified atom stereocenters. The number of nitrogens with zero attached hydrogens (tertiary/aromatic N) is 3. The van der Waals surface area contributed by atoms with Gasteiger partial charge < -0.3 is 19.1 Å². The summed E-state index contributed by atoms with van der Waals surface area (Å²) in [4.78, 5) is 27.4. The fourth-order valence-electron chi connectivity index (χ4n) is 3.25. The molecule has 0 bridgehead atoms. The predicted molar refractivity (Wildman–Crippen MR) is 114 cm³/mol. The minimum Gasteiger partial charge on any atom is -0.493 e. The van der Waals surface area contributed by atoms with Crippen molar-refractivity contribution in [2.75, 3.05) is 41.5 Å². The molecule has 160 valence electrons. The molecule has 1 aromatic carbocycles. The van der Waals surface area contributed by atoms with Crippen LogP contribution < -0.4 is 9.47 Å². The molecule has 0 fully saturated rings. The molecule has 30 heavy (non-hydrogen) atoms. The summed E-state index contributed by atoms with van der Waals surface area (Å²) in [5, 5.41) is 8.06. The van der Waals surface area contributed by atoms with E-state index in [9.17, 15) is 9.59 Å². The van der Waals surface area contributed by atoms with Crippen molar-refractivity contribution in [3.63, 3.8) is 0 Å². The van der Waals surface area contributed by atoms with Gasteiger partial charge in [-0.2, -0.15) is 5.10 Å². The highest BCUT2D eigenvalue weighted by molar-refractivity contribution is 7.12. The van der Waals surface area contributed by atoms with Crippen LogP contribution in [-0.2, 0) is 14.3 Å². The predicted octanol–water partition coefficient (Wildman–Crippen LogP) is 2.55. The van der Waals surface area contributed by atoms with E-state index in [1.807, 2.05) is 35.7 Å². The quantitative estimate of drug-likeness (QED) is 0.642. The Kier molecular flexibility index (Phi) is 7.07. The number of methoxy groups -OCH3 is 3. The number of amides is 2. The molecule has 9 heteroatoms. The third-order valence-corrected chi connectivity index (χ3v) is 5.75. The number of benzene rings is 1. The highest BCUT2D eigenvalue weighted by Gasteiger charge is 2.34. The summed E-state index contributed by atoms with van der Waals surface area (Å²) in [6.07, 6.45) is 0.567. The van der Waals surface area contributed by atoms with Crippen molar-refractivity contribution < 1.29 is 23.8 Å². The maximum Gasteiger partial charge on any atom is 0.262 e. The van der Waals surface area contributed by atoms with Crippen molar-refractivity contribution in [1.29, 1.82) is 0 Å². The number of hydrogen-bond acceptors (Lipinski definition) is 7. The van der Waals surface area contributed by atoms with Gasteiger partial charge in [-0.25, -0.2) is 5.01 Å². The van der Waals surface area contributed by atoms with E-state index < -0.39 is 0 Å². The zero-order valence-corrected chi connectivity index (χ0v) is 18.3. The molecule has 8 nitrogen and oxygen atoms in total. The van der Waals surface area contributed by atoms with Crippen molar-refractivity contribution in [1.82, 2.24) is 9.91 Å². The number of hydrazone groups is 1. The van der Waals surface area contributed by atoms with Gasteiger partial charge in [-0.15, -0.1) is 11.3 Å². The Morgan fingerprint density at radius 1 is 1.20 bits per heavy atom. The topological polar surface area (TPSA) is 80.7 Å². The summed E-state index contributed by atoms with van der Waals surface area (Å²) in [6, 6.07) is 9.21. The third-order valence-electron chi connectivity index (χ3n) is 4.83. The number of carbonyl (C=O) groups excluding carboxylic acids is 2. The molecular weight excluding hydrogens is 406 g/mol. The minimum absolute atomic E-state index is 0.0768. The Balaban J connectivity index is 1.89.